The smallest absolute Gasteiger partial charge is 0.172 e. The molecule has 0 aliphatic carbocycles. The zero-order valence-electron chi connectivity index (χ0n) is 9.40. The highest BCUT2D eigenvalue weighted by Gasteiger charge is 2.18. The second-order valence-electron chi connectivity index (χ2n) is 3.64. The van der Waals surface area contributed by atoms with Crippen LogP contribution < -0.4 is 10.1 Å². The first-order chi connectivity index (χ1) is 7.72. The summed E-state index contributed by atoms with van der Waals surface area (Å²) in [6.45, 7) is 2.22. The van der Waals surface area contributed by atoms with E-state index >= 15 is 0 Å². The highest BCUT2D eigenvalue weighted by molar-refractivity contribution is 9.10. The van der Waals surface area contributed by atoms with E-state index in [0.29, 0.717) is 16.8 Å². The summed E-state index contributed by atoms with van der Waals surface area (Å²) in [6.07, 6.45) is 0. The van der Waals surface area contributed by atoms with Crippen molar-refractivity contribution in [3.63, 3.8) is 0 Å². The molecule has 1 aliphatic heterocycles. The summed E-state index contributed by atoms with van der Waals surface area (Å²) in [5.41, 5.74) is 1.04. The van der Waals surface area contributed by atoms with Crippen molar-refractivity contribution >= 4 is 28.3 Å². The minimum atomic E-state index is 0. The Bertz CT molecular complexity index is 383. The first-order valence-electron chi connectivity index (χ1n) is 5.10. The third kappa shape index (κ3) is 3.25. The summed E-state index contributed by atoms with van der Waals surface area (Å²) in [5, 5.41) is 13.0. The summed E-state index contributed by atoms with van der Waals surface area (Å²) in [4.78, 5) is 0. The Balaban J connectivity index is 0.00000144. The Morgan fingerprint density at radius 3 is 2.88 bits per heavy atom. The highest BCUT2D eigenvalue weighted by atomic mass is 79.9. The van der Waals surface area contributed by atoms with Crippen LogP contribution in [0.2, 0.25) is 0 Å². The van der Waals surface area contributed by atoms with Crippen molar-refractivity contribution < 1.29 is 14.6 Å². The van der Waals surface area contributed by atoms with Crippen LogP contribution in [0.25, 0.3) is 0 Å². The standard InChI is InChI=1S/C11H14BrNO3.ClH/c1-15-10-5-7(4-8(12)11(10)14)9-6-16-3-2-13-9;/h4-5,9,13-14H,2-3,6H2,1H3;1H/t9-;/m0./s1. The Kier molecular flexibility index (Phi) is 5.52. The number of ether oxygens (including phenoxy) is 2. The maximum atomic E-state index is 9.70. The lowest BCUT2D eigenvalue weighted by atomic mass is 10.1. The molecule has 0 bridgehead atoms. The van der Waals surface area contributed by atoms with Crippen LogP contribution in [-0.2, 0) is 4.74 Å². The topological polar surface area (TPSA) is 50.7 Å². The maximum Gasteiger partial charge on any atom is 0.172 e. The molecular formula is C11H15BrClNO3. The molecule has 0 radical (unpaired) electrons. The van der Waals surface area contributed by atoms with E-state index in [4.69, 9.17) is 9.47 Å². The predicted octanol–water partition coefficient (Wildman–Crippen LogP) is 2.25. The van der Waals surface area contributed by atoms with Crippen molar-refractivity contribution in [3.8, 4) is 11.5 Å². The van der Waals surface area contributed by atoms with E-state index in [2.05, 4.69) is 21.2 Å². The lowest BCUT2D eigenvalue weighted by Gasteiger charge is -2.24. The molecule has 2 N–H and O–H groups in total. The number of phenolic OH excluding ortho intramolecular Hbond substituents is 1. The SMILES string of the molecule is COc1cc([C@@H]2COCCN2)cc(Br)c1O.Cl. The molecule has 96 valence electrons. The van der Waals surface area contributed by atoms with Crippen molar-refractivity contribution in [2.75, 3.05) is 26.9 Å². The minimum Gasteiger partial charge on any atom is -0.503 e. The van der Waals surface area contributed by atoms with Gasteiger partial charge in [-0.2, -0.15) is 0 Å². The van der Waals surface area contributed by atoms with Crippen molar-refractivity contribution in [3.05, 3.63) is 22.2 Å². The van der Waals surface area contributed by atoms with Crippen LogP contribution in [-0.4, -0.2) is 32.0 Å². The van der Waals surface area contributed by atoms with Gasteiger partial charge in [0.05, 0.1) is 30.8 Å². The number of methoxy groups -OCH3 is 1. The zero-order chi connectivity index (χ0) is 11.5. The number of hydrogen-bond donors (Lipinski definition) is 2. The van der Waals surface area contributed by atoms with Gasteiger partial charge < -0.3 is 19.9 Å². The summed E-state index contributed by atoms with van der Waals surface area (Å²) in [5.74, 6) is 0.597. The van der Waals surface area contributed by atoms with Crippen LogP contribution in [0, 0.1) is 0 Å². The molecule has 0 unspecified atom stereocenters. The molecular weight excluding hydrogens is 309 g/mol. The Labute approximate surface area is 115 Å². The summed E-state index contributed by atoms with van der Waals surface area (Å²) < 4.78 is 11.1. The van der Waals surface area contributed by atoms with Gasteiger partial charge in [0.25, 0.3) is 0 Å². The van der Waals surface area contributed by atoms with E-state index in [1.54, 1.807) is 0 Å². The molecule has 6 heteroatoms. The molecule has 2 rings (SSSR count). The molecule has 1 heterocycles. The molecule has 1 saturated heterocycles. The van der Waals surface area contributed by atoms with Gasteiger partial charge in [0, 0.05) is 6.54 Å². The third-order valence-corrected chi connectivity index (χ3v) is 3.20. The second kappa shape index (κ2) is 6.44. The number of aromatic hydroxyl groups is 1. The first kappa shape index (κ1) is 14.6. The average molecular weight is 325 g/mol. The second-order valence-corrected chi connectivity index (χ2v) is 4.49. The number of morpholine rings is 1. The number of halogens is 2. The molecule has 0 aromatic heterocycles. The van der Waals surface area contributed by atoms with Crippen LogP contribution in [0.5, 0.6) is 11.5 Å². The highest BCUT2D eigenvalue weighted by Crippen LogP contribution is 2.37. The van der Waals surface area contributed by atoms with E-state index in [1.807, 2.05) is 12.1 Å². The van der Waals surface area contributed by atoms with Gasteiger partial charge >= 0.3 is 0 Å². The third-order valence-electron chi connectivity index (χ3n) is 2.59. The van der Waals surface area contributed by atoms with Crippen LogP contribution in [0.4, 0.5) is 0 Å². The predicted molar refractivity (Wildman–Crippen MR) is 71.2 cm³/mol. The summed E-state index contributed by atoms with van der Waals surface area (Å²) >= 11 is 3.31. The fourth-order valence-electron chi connectivity index (χ4n) is 1.73. The molecule has 1 aliphatic rings. The van der Waals surface area contributed by atoms with E-state index in [0.717, 1.165) is 18.7 Å². The fourth-order valence-corrected chi connectivity index (χ4v) is 2.19. The van der Waals surface area contributed by atoms with Crippen LogP contribution >= 0.6 is 28.3 Å². The van der Waals surface area contributed by atoms with E-state index in [-0.39, 0.29) is 24.2 Å². The van der Waals surface area contributed by atoms with Crippen LogP contribution in [0.1, 0.15) is 11.6 Å². The lowest BCUT2D eigenvalue weighted by Crippen LogP contribution is -2.34. The van der Waals surface area contributed by atoms with Gasteiger partial charge in [0.15, 0.2) is 11.5 Å². The van der Waals surface area contributed by atoms with E-state index < -0.39 is 0 Å². The van der Waals surface area contributed by atoms with Gasteiger partial charge in [-0.15, -0.1) is 12.4 Å². The largest absolute Gasteiger partial charge is 0.503 e. The van der Waals surface area contributed by atoms with Gasteiger partial charge in [0.2, 0.25) is 0 Å². The number of hydrogen-bond acceptors (Lipinski definition) is 4. The van der Waals surface area contributed by atoms with Crippen LogP contribution in [0.3, 0.4) is 0 Å². The van der Waals surface area contributed by atoms with Gasteiger partial charge in [-0.1, -0.05) is 0 Å². The molecule has 4 nitrogen and oxygen atoms in total. The molecule has 1 atom stereocenters. The molecule has 17 heavy (non-hydrogen) atoms. The van der Waals surface area contributed by atoms with Crippen molar-refractivity contribution in [2.45, 2.75) is 6.04 Å². The number of nitrogens with one attached hydrogen (secondary N) is 1. The monoisotopic (exact) mass is 323 g/mol. The number of benzene rings is 1. The van der Waals surface area contributed by atoms with E-state index in [1.165, 1.54) is 7.11 Å². The zero-order valence-corrected chi connectivity index (χ0v) is 11.8. The lowest BCUT2D eigenvalue weighted by molar-refractivity contribution is 0.0768. The Hall–Kier alpha value is -0.490. The van der Waals surface area contributed by atoms with Crippen LogP contribution in [0.15, 0.2) is 16.6 Å². The average Bonchev–Trinajstić information content (AvgIpc) is 2.33. The maximum absolute atomic E-state index is 9.70. The normalized spacial score (nSPS) is 19.5. The Morgan fingerprint density at radius 2 is 2.29 bits per heavy atom. The van der Waals surface area contributed by atoms with Gasteiger partial charge in [-0.05, 0) is 33.6 Å². The Morgan fingerprint density at radius 1 is 1.53 bits per heavy atom. The van der Waals surface area contributed by atoms with E-state index in [9.17, 15) is 5.11 Å². The summed E-state index contributed by atoms with van der Waals surface area (Å²) in [6, 6.07) is 3.86. The minimum absolute atomic E-state index is 0. The molecule has 1 aromatic carbocycles. The van der Waals surface area contributed by atoms with Gasteiger partial charge in [-0.25, -0.2) is 0 Å². The summed E-state index contributed by atoms with van der Waals surface area (Å²) in [7, 11) is 1.54. The van der Waals surface area contributed by atoms with Crippen molar-refractivity contribution in [2.24, 2.45) is 0 Å². The molecule has 0 spiro atoms. The quantitative estimate of drug-likeness (QED) is 0.876. The number of phenols is 1. The van der Waals surface area contributed by atoms with Crippen molar-refractivity contribution in [1.82, 2.24) is 5.32 Å². The molecule has 0 saturated carbocycles. The van der Waals surface area contributed by atoms with Gasteiger partial charge in [-0.3, -0.25) is 0 Å². The number of rotatable bonds is 2. The van der Waals surface area contributed by atoms with Crippen molar-refractivity contribution in [1.29, 1.82) is 0 Å². The fraction of sp³-hybridized carbons (Fsp3) is 0.455. The molecule has 1 aromatic rings. The van der Waals surface area contributed by atoms with Gasteiger partial charge in [0.1, 0.15) is 0 Å². The molecule has 1 fully saturated rings. The first-order valence-corrected chi connectivity index (χ1v) is 5.89. The molecule has 0 amide bonds.